The molecule has 0 spiro atoms. The number of nitrogens with zero attached hydrogens (tertiary/aromatic N) is 1. The van der Waals surface area contributed by atoms with Crippen molar-refractivity contribution in [2.24, 2.45) is 0 Å². The van der Waals surface area contributed by atoms with Gasteiger partial charge in [-0.25, -0.2) is 4.98 Å². The number of benzene rings is 1. The number of hydrogen-bond donors (Lipinski definition) is 1. The van der Waals surface area contributed by atoms with E-state index in [0.29, 0.717) is 16.4 Å². The van der Waals surface area contributed by atoms with E-state index in [4.69, 9.17) is 11.6 Å². The number of carbonyl (C=O) groups is 1. The molecule has 0 aliphatic rings. The van der Waals surface area contributed by atoms with Gasteiger partial charge >= 0.3 is 0 Å². The van der Waals surface area contributed by atoms with Gasteiger partial charge in [0, 0.05) is 15.1 Å². The van der Waals surface area contributed by atoms with Crippen molar-refractivity contribution >= 4 is 39.3 Å². The van der Waals surface area contributed by atoms with Crippen LogP contribution in [0.5, 0.6) is 0 Å². The van der Waals surface area contributed by atoms with Crippen LogP contribution in [0.1, 0.15) is 21.6 Å². The van der Waals surface area contributed by atoms with Gasteiger partial charge in [-0.15, -0.1) is 0 Å². The van der Waals surface area contributed by atoms with E-state index in [0.717, 1.165) is 15.7 Å². The van der Waals surface area contributed by atoms with Crippen LogP contribution in [-0.2, 0) is 0 Å². The van der Waals surface area contributed by atoms with Crippen LogP contribution >= 0.6 is 27.5 Å². The summed E-state index contributed by atoms with van der Waals surface area (Å²) in [6.07, 6.45) is 0. The molecule has 0 atom stereocenters. The number of carbonyl (C=O) groups excluding carboxylic acids is 1. The Morgan fingerprint density at radius 2 is 2.00 bits per heavy atom. The first-order valence-corrected chi connectivity index (χ1v) is 6.85. The maximum Gasteiger partial charge on any atom is 0.257 e. The number of pyridine rings is 1. The van der Waals surface area contributed by atoms with E-state index >= 15 is 0 Å². The lowest BCUT2D eigenvalue weighted by atomic mass is 10.1. The third kappa shape index (κ3) is 3.33. The Hall–Kier alpha value is -1.39. The summed E-state index contributed by atoms with van der Waals surface area (Å²) in [5, 5.41) is 3.39. The summed E-state index contributed by atoms with van der Waals surface area (Å²) in [6, 6.07) is 8.77. The van der Waals surface area contributed by atoms with Gasteiger partial charge in [0.1, 0.15) is 5.82 Å². The molecule has 0 fully saturated rings. The molecule has 0 bridgehead atoms. The van der Waals surface area contributed by atoms with Crippen molar-refractivity contribution in [2.75, 3.05) is 5.32 Å². The van der Waals surface area contributed by atoms with E-state index in [9.17, 15) is 4.79 Å². The highest BCUT2D eigenvalue weighted by Gasteiger charge is 2.10. The van der Waals surface area contributed by atoms with Crippen LogP contribution in [0.2, 0.25) is 5.02 Å². The van der Waals surface area contributed by atoms with E-state index in [-0.39, 0.29) is 5.91 Å². The molecule has 2 aromatic rings. The standard InChI is InChI=1S/C14H12BrClN2O/c1-8-7-10(16)3-4-11(8)14(19)18-13-6-5-12(15)9(2)17-13/h3-7H,1-2H3,(H,17,18,19). The number of hydrogen-bond acceptors (Lipinski definition) is 2. The van der Waals surface area contributed by atoms with Crippen LogP contribution < -0.4 is 5.32 Å². The van der Waals surface area contributed by atoms with Gasteiger partial charge in [-0.05, 0) is 65.7 Å². The summed E-state index contributed by atoms with van der Waals surface area (Å²) in [4.78, 5) is 16.4. The third-order valence-corrected chi connectivity index (χ3v) is 3.77. The average Bonchev–Trinajstić information content (AvgIpc) is 2.33. The zero-order chi connectivity index (χ0) is 14.0. The Bertz CT molecular complexity index is 643. The number of nitrogens with one attached hydrogen (secondary N) is 1. The summed E-state index contributed by atoms with van der Waals surface area (Å²) in [5.74, 6) is 0.337. The van der Waals surface area contributed by atoms with Gasteiger partial charge in [0.15, 0.2) is 0 Å². The normalized spacial score (nSPS) is 10.3. The molecule has 3 nitrogen and oxygen atoms in total. The van der Waals surface area contributed by atoms with Crippen molar-refractivity contribution in [3.8, 4) is 0 Å². The van der Waals surface area contributed by atoms with Crippen molar-refractivity contribution in [1.29, 1.82) is 0 Å². The molecule has 1 aromatic heterocycles. The van der Waals surface area contributed by atoms with Gasteiger partial charge in [-0.1, -0.05) is 11.6 Å². The summed E-state index contributed by atoms with van der Waals surface area (Å²) in [5.41, 5.74) is 2.25. The fourth-order valence-corrected chi connectivity index (χ4v) is 2.13. The van der Waals surface area contributed by atoms with Gasteiger partial charge in [-0.3, -0.25) is 4.79 Å². The van der Waals surface area contributed by atoms with Gasteiger partial charge in [0.2, 0.25) is 0 Å². The fourth-order valence-electron chi connectivity index (χ4n) is 1.68. The Morgan fingerprint density at radius 1 is 1.26 bits per heavy atom. The lowest BCUT2D eigenvalue weighted by Crippen LogP contribution is -2.14. The molecule has 0 unspecified atom stereocenters. The molecule has 0 radical (unpaired) electrons. The second-order valence-corrected chi connectivity index (χ2v) is 5.47. The summed E-state index contributed by atoms with van der Waals surface area (Å²) < 4.78 is 0.910. The minimum atomic E-state index is -0.191. The molecule has 1 N–H and O–H groups in total. The van der Waals surface area contributed by atoms with Crippen LogP contribution in [-0.4, -0.2) is 10.9 Å². The highest BCUT2D eigenvalue weighted by atomic mass is 79.9. The molecule has 1 aromatic carbocycles. The fraction of sp³-hybridized carbons (Fsp3) is 0.143. The van der Waals surface area contributed by atoms with E-state index in [1.807, 2.05) is 19.9 Å². The highest BCUT2D eigenvalue weighted by Crippen LogP contribution is 2.19. The predicted octanol–water partition coefficient (Wildman–Crippen LogP) is 4.37. The lowest BCUT2D eigenvalue weighted by molar-refractivity contribution is 0.102. The number of amides is 1. The van der Waals surface area contributed by atoms with Crippen molar-refractivity contribution in [2.45, 2.75) is 13.8 Å². The Labute approximate surface area is 125 Å². The van der Waals surface area contributed by atoms with Crippen molar-refractivity contribution in [1.82, 2.24) is 4.98 Å². The maximum absolute atomic E-state index is 12.1. The maximum atomic E-state index is 12.1. The summed E-state index contributed by atoms with van der Waals surface area (Å²) >= 11 is 9.24. The molecular weight excluding hydrogens is 328 g/mol. The molecule has 0 aliphatic carbocycles. The van der Waals surface area contributed by atoms with Crippen LogP contribution in [0.25, 0.3) is 0 Å². The summed E-state index contributed by atoms with van der Waals surface area (Å²) in [7, 11) is 0. The SMILES string of the molecule is Cc1cc(Cl)ccc1C(=O)Nc1ccc(Br)c(C)n1. The predicted molar refractivity (Wildman–Crippen MR) is 80.8 cm³/mol. The molecule has 1 heterocycles. The smallest absolute Gasteiger partial charge is 0.257 e. The first-order valence-electron chi connectivity index (χ1n) is 5.68. The Morgan fingerprint density at radius 3 is 2.63 bits per heavy atom. The van der Waals surface area contributed by atoms with Crippen molar-refractivity contribution in [3.63, 3.8) is 0 Å². The van der Waals surface area contributed by atoms with E-state index in [1.54, 1.807) is 24.3 Å². The van der Waals surface area contributed by atoms with Crippen LogP contribution in [0.15, 0.2) is 34.8 Å². The van der Waals surface area contributed by atoms with Crippen LogP contribution in [0.3, 0.4) is 0 Å². The van der Waals surface area contributed by atoms with Crippen molar-refractivity contribution < 1.29 is 4.79 Å². The molecule has 0 saturated carbocycles. The second-order valence-electron chi connectivity index (χ2n) is 4.18. The van der Waals surface area contributed by atoms with E-state index in [2.05, 4.69) is 26.2 Å². The van der Waals surface area contributed by atoms with Gasteiger partial charge in [-0.2, -0.15) is 0 Å². The molecule has 0 aliphatic heterocycles. The molecule has 2 rings (SSSR count). The molecular formula is C14H12BrClN2O. The van der Waals surface area contributed by atoms with E-state index in [1.165, 1.54) is 0 Å². The minimum absolute atomic E-state index is 0.191. The van der Waals surface area contributed by atoms with Crippen LogP contribution in [0.4, 0.5) is 5.82 Å². The Balaban J connectivity index is 2.23. The highest BCUT2D eigenvalue weighted by molar-refractivity contribution is 9.10. The molecule has 5 heteroatoms. The monoisotopic (exact) mass is 338 g/mol. The van der Waals surface area contributed by atoms with Crippen molar-refractivity contribution in [3.05, 3.63) is 56.6 Å². The molecule has 0 saturated heterocycles. The van der Waals surface area contributed by atoms with E-state index < -0.39 is 0 Å². The Kier molecular flexibility index (Phi) is 4.22. The first kappa shape index (κ1) is 14.0. The number of anilines is 1. The first-order chi connectivity index (χ1) is 8.97. The quantitative estimate of drug-likeness (QED) is 0.883. The number of halogens is 2. The second kappa shape index (κ2) is 5.72. The zero-order valence-electron chi connectivity index (χ0n) is 10.5. The van der Waals surface area contributed by atoms with Gasteiger partial charge < -0.3 is 5.32 Å². The average molecular weight is 340 g/mol. The largest absolute Gasteiger partial charge is 0.307 e. The lowest BCUT2D eigenvalue weighted by Gasteiger charge is -2.08. The number of aromatic nitrogens is 1. The molecule has 19 heavy (non-hydrogen) atoms. The third-order valence-electron chi connectivity index (χ3n) is 2.70. The number of aryl methyl sites for hydroxylation is 2. The van der Waals surface area contributed by atoms with Gasteiger partial charge in [0.25, 0.3) is 5.91 Å². The minimum Gasteiger partial charge on any atom is -0.307 e. The van der Waals surface area contributed by atoms with Crippen LogP contribution in [0, 0.1) is 13.8 Å². The molecule has 98 valence electrons. The topological polar surface area (TPSA) is 42.0 Å². The summed E-state index contributed by atoms with van der Waals surface area (Å²) in [6.45, 7) is 3.72. The number of rotatable bonds is 2. The zero-order valence-corrected chi connectivity index (χ0v) is 12.8. The molecule has 1 amide bonds. The van der Waals surface area contributed by atoms with Gasteiger partial charge in [0.05, 0.1) is 5.69 Å².